The number of aliphatic carboxylic acids is 1. The van der Waals surface area contributed by atoms with Gasteiger partial charge in [-0.3, -0.25) is 0 Å². The maximum atomic E-state index is 9.99. The Labute approximate surface area is 53.9 Å². The van der Waals surface area contributed by atoms with Gasteiger partial charge in [0.15, 0.2) is 0 Å². The van der Waals surface area contributed by atoms with E-state index in [2.05, 4.69) is 5.73 Å². The van der Waals surface area contributed by atoms with E-state index in [0.29, 0.717) is 5.92 Å². The molecule has 1 aliphatic carbocycles. The van der Waals surface area contributed by atoms with Crippen LogP contribution in [0.1, 0.15) is 19.3 Å². The number of carbonyl (C=O) groups excluding carboxylic acids is 1. The van der Waals surface area contributed by atoms with Crippen molar-refractivity contribution >= 4 is 5.97 Å². The first-order chi connectivity index (χ1) is 4.20. The molecule has 9 heavy (non-hydrogen) atoms. The molecule has 1 rings (SSSR count). The Morgan fingerprint density at radius 1 is 1.78 bits per heavy atom. The van der Waals surface area contributed by atoms with E-state index in [1.54, 1.807) is 0 Å². The van der Waals surface area contributed by atoms with Crippen LogP contribution in [0.5, 0.6) is 0 Å². The van der Waals surface area contributed by atoms with Crippen LogP contribution in [0.2, 0.25) is 0 Å². The standard InChI is InChI=1S/C6H11NO2/c7-5(3-6(8)9)4-1-2-4/h4-5H,1-3,7H2,(H,8,9)/t5-/m1/s1. The fourth-order valence-electron chi connectivity index (χ4n) is 0.948. The zero-order valence-corrected chi connectivity index (χ0v) is 5.30. The van der Waals surface area contributed by atoms with E-state index in [9.17, 15) is 9.90 Å². The van der Waals surface area contributed by atoms with E-state index >= 15 is 0 Å². The van der Waals surface area contributed by atoms with Crippen LogP contribution in [0.4, 0.5) is 0 Å². The van der Waals surface area contributed by atoms with Crippen LogP contribution in [-0.2, 0) is 4.79 Å². The third-order valence-corrected chi connectivity index (χ3v) is 1.72. The molecule has 3 nitrogen and oxygen atoms in total. The van der Waals surface area contributed by atoms with Gasteiger partial charge in [0.1, 0.15) is 0 Å². The van der Waals surface area contributed by atoms with Crippen molar-refractivity contribution in [3.63, 3.8) is 0 Å². The van der Waals surface area contributed by atoms with Crippen LogP contribution >= 0.6 is 0 Å². The smallest absolute Gasteiger partial charge is 0.0924 e. The molecule has 0 amide bonds. The fourth-order valence-corrected chi connectivity index (χ4v) is 0.948. The lowest BCUT2D eigenvalue weighted by Gasteiger charge is -2.05. The molecule has 3 N–H and O–H groups in total. The highest BCUT2D eigenvalue weighted by Gasteiger charge is 2.31. The van der Waals surface area contributed by atoms with Crippen molar-refractivity contribution in [1.82, 2.24) is 0 Å². The molecule has 0 radical (unpaired) electrons. The van der Waals surface area contributed by atoms with Gasteiger partial charge in [0.2, 0.25) is 0 Å². The minimum Gasteiger partial charge on any atom is -0.550 e. The third kappa shape index (κ3) is 2.01. The lowest BCUT2D eigenvalue weighted by molar-refractivity contribution is -0.429. The van der Waals surface area contributed by atoms with Gasteiger partial charge in [-0.2, -0.15) is 0 Å². The van der Waals surface area contributed by atoms with E-state index in [0.717, 1.165) is 12.8 Å². The maximum Gasteiger partial charge on any atom is 0.0924 e. The van der Waals surface area contributed by atoms with Crippen molar-refractivity contribution in [3.8, 4) is 0 Å². The molecule has 0 spiro atoms. The van der Waals surface area contributed by atoms with Gasteiger partial charge in [0.05, 0.1) is 6.04 Å². The molecule has 0 aromatic heterocycles. The van der Waals surface area contributed by atoms with Gasteiger partial charge in [-0.1, -0.05) is 0 Å². The van der Waals surface area contributed by atoms with Crippen molar-refractivity contribution < 1.29 is 15.6 Å². The van der Waals surface area contributed by atoms with Crippen molar-refractivity contribution in [2.45, 2.75) is 25.3 Å². The molecule has 0 aromatic carbocycles. The van der Waals surface area contributed by atoms with Gasteiger partial charge in [-0.25, -0.2) is 0 Å². The molecule has 1 atom stereocenters. The molecule has 0 aromatic rings. The Kier molecular flexibility index (Phi) is 1.71. The topological polar surface area (TPSA) is 67.8 Å². The molecule has 0 bridgehead atoms. The third-order valence-electron chi connectivity index (χ3n) is 1.72. The summed E-state index contributed by atoms with van der Waals surface area (Å²) in [6.07, 6.45) is 2.44. The van der Waals surface area contributed by atoms with Crippen LogP contribution in [0.15, 0.2) is 0 Å². The molecule has 1 fully saturated rings. The number of carboxylic acid groups (broad SMARTS) is 1. The summed E-state index contributed by atoms with van der Waals surface area (Å²) in [7, 11) is 0. The molecule has 0 aliphatic heterocycles. The largest absolute Gasteiger partial charge is 0.550 e. The lowest BCUT2D eigenvalue weighted by Crippen LogP contribution is -2.63. The summed E-state index contributed by atoms with van der Waals surface area (Å²) in [6.45, 7) is 0. The highest BCUT2D eigenvalue weighted by atomic mass is 16.4. The second-order valence-corrected chi connectivity index (χ2v) is 2.67. The Hall–Kier alpha value is -0.570. The van der Waals surface area contributed by atoms with E-state index in [1.165, 1.54) is 0 Å². The first-order valence-corrected chi connectivity index (χ1v) is 3.23. The van der Waals surface area contributed by atoms with E-state index in [-0.39, 0.29) is 12.5 Å². The minimum atomic E-state index is -0.970. The van der Waals surface area contributed by atoms with Crippen molar-refractivity contribution in [2.24, 2.45) is 5.92 Å². The van der Waals surface area contributed by atoms with Crippen molar-refractivity contribution in [1.29, 1.82) is 0 Å². The molecule has 0 unspecified atom stereocenters. The summed E-state index contributed by atoms with van der Waals surface area (Å²) in [6, 6.07) is 0.0926. The molecule has 1 saturated carbocycles. The minimum absolute atomic E-state index is 0.0926. The summed E-state index contributed by atoms with van der Waals surface area (Å²) in [5.41, 5.74) is 3.72. The predicted octanol–water partition coefficient (Wildman–Crippen LogP) is -1.85. The summed E-state index contributed by atoms with van der Waals surface area (Å²) in [5, 5.41) is 9.99. The van der Waals surface area contributed by atoms with Crippen LogP contribution in [0.25, 0.3) is 0 Å². The molecule has 0 heterocycles. The molecular weight excluding hydrogens is 118 g/mol. The first-order valence-electron chi connectivity index (χ1n) is 3.23. The van der Waals surface area contributed by atoms with Crippen LogP contribution in [0, 0.1) is 5.92 Å². The Bertz CT molecular complexity index is 120. The monoisotopic (exact) mass is 129 g/mol. The normalized spacial score (nSPS) is 21.4. The van der Waals surface area contributed by atoms with Crippen molar-refractivity contribution in [2.75, 3.05) is 0 Å². The molecule has 1 aliphatic rings. The fraction of sp³-hybridized carbons (Fsp3) is 0.833. The number of carbonyl (C=O) groups is 1. The Balaban J connectivity index is 2.17. The van der Waals surface area contributed by atoms with E-state index in [1.807, 2.05) is 0 Å². The summed E-state index contributed by atoms with van der Waals surface area (Å²) in [4.78, 5) is 9.99. The zero-order valence-electron chi connectivity index (χ0n) is 5.30. The molecule has 0 saturated heterocycles. The molecule has 52 valence electrons. The SMILES string of the molecule is [NH3+][C@H](CC(=O)[O-])C1CC1. The number of hydrogen-bond acceptors (Lipinski definition) is 2. The predicted molar refractivity (Wildman–Crippen MR) is 29.0 cm³/mol. The highest BCUT2D eigenvalue weighted by Crippen LogP contribution is 2.31. The van der Waals surface area contributed by atoms with Crippen LogP contribution < -0.4 is 10.8 Å². The van der Waals surface area contributed by atoms with Gasteiger partial charge in [0.25, 0.3) is 0 Å². The van der Waals surface area contributed by atoms with Gasteiger partial charge >= 0.3 is 0 Å². The summed E-state index contributed by atoms with van der Waals surface area (Å²) in [5.74, 6) is -0.398. The summed E-state index contributed by atoms with van der Waals surface area (Å²) >= 11 is 0. The highest BCUT2D eigenvalue weighted by molar-refractivity contribution is 5.64. The van der Waals surface area contributed by atoms with Crippen molar-refractivity contribution in [3.05, 3.63) is 0 Å². The number of rotatable bonds is 3. The van der Waals surface area contributed by atoms with E-state index in [4.69, 9.17) is 0 Å². The van der Waals surface area contributed by atoms with Gasteiger partial charge in [-0.05, 0) is 12.8 Å². The van der Waals surface area contributed by atoms with Gasteiger partial charge < -0.3 is 15.6 Å². The van der Waals surface area contributed by atoms with Gasteiger partial charge in [0, 0.05) is 18.3 Å². The average molecular weight is 129 g/mol. The number of carboxylic acids is 1. The van der Waals surface area contributed by atoms with Gasteiger partial charge in [-0.15, -0.1) is 0 Å². The maximum absolute atomic E-state index is 9.99. The second-order valence-electron chi connectivity index (χ2n) is 2.67. The quantitative estimate of drug-likeness (QED) is 0.486. The zero-order chi connectivity index (χ0) is 6.85. The number of quaternary nitrogens is 1. The lowest BCUT2D eigenvalue weighted by atomic mass is 10.1. The average Bonchev–Trinajstić information content (AvgIpc) is 2.40. The summed E-state index contributed by atoms with van der Waals surface area (Å²) < 4.78 is 0. The van der Waals surface area contributed by atoms with E-state index < -0.39 is 5.97 Å². The Morgan fingerprint density at radius 3 is 2.67 bits per heavy atom. The Morgan fingerprint density at radius 2 is 2.33 bits per heavy atom. The van der Waals surface area contributed by atoms with Crippen LogP contribution in [0.3, 0.4) is 0 Å². The van der Waals surface area contributed by atoms with Crippen LogP contribution in [-0.4, -0.2) is 12.0 Å². The number of hydrogen-bond donors (Lipinski definition) is 1. The molecule has 3 heteroatoms. The first kappa shape index (κ1) is 6.55. The molecular formula is C6H11NO2. The second kappa shape index (κ2) is 2.35.